The van der Waals surface area contributed by atoms with Crippen LogP contribution < -0.4 is 5.32 Å². The minimum atomic E-state index is 0.0884. The van der Waals surface area contributed by atoms with Gasteiger partial charge in [0, 0.05) is 28.0 Å². The van der Waals surface area contributed by atoms with Crippen molar-refractivity contribution in [3.8, 4) is 10.6 Å². The Hall–Kier alpha value is -0.650. The van der Waals surface area contributed by atoms with Crippen LogP contribution in [0.3, 0.4) is 0 Å². The zero-order chi connectivity index (χ0) is 12.5. The van der Waals surface area contributed by atoms with Crippen molar-refractivity contribution >= 4 is 27.3 Å². The molecular formula is C12H15BrN2OS. The van der Waals surface area contributed by atoms with Crippen LogP contribution >= 0.6 is 27.3 Å². The van der Waals surface area contributed by atoms with Crippen molar-refractivity contribution in [2.75, 3.05) is 0 Å². The molecule has 2 aromatic rings. The van der Waals surface area contributed by atoms with Crippen LogP contribution in [-0.4, -0.2) is 10.7 Å². The molecule has 5 heteroatoms. The monoisotopic (exact) mass is 314 g/mol. The fourth-order valence-corrected chi connectivity index (χ4v) is 2.68. The Morgan fingerprint density at radius 2 is 2.18 bits per heavy atom. The lowest BCUT2D eigenvalue weighted by Crippen LogP contribution is -2.35. The Bertz CT molecular complexity index is 499. The van der Waals surface area contributed by atoms with Crippen LogP contribution in [0, 0.1) is 0 Å². The van der Waals surface area contributed by atoms with E-state index < -0.39 is 0 Å². The van der Waals surface area contributed by atoms with Crippen LogP contribution in [0.1, 0.15) is 26.5 Å². The fraction of sp³-hybridized carbons (Fsp3) is 0.417. The minimum absolute atomic E-state index is 0.0884. The molecule has 0 bridgehead atoms. The molecule has 0 radical (unpaired) electrons. The predicted octanol–water partition coefficient (Wildman–Crippen LogP) is 4.05. The molecule has 1 N–H and O–H groups in total. The molecule has 0 saturated heterocycles. The van der Waals surface area contributed by atoms with E-state index >= 15 is 0 Å². The molecule has 2 aromatic heterocycles. The maximum absolute atomic E-state index is 5.33. The second-order valence-corrected chi connectivity index (χ2v) is 6.74. The quantitative estimate of drug-likeness (QED) is 0.928. The summed E-state index contributed by atoms with van der Waals surface area (Å²) in [7, 11) is 0. The number of aromatic nitrogens is 1. The summed E-state index contributed by atoms with van der Waals surface area (Å²) in [4.78, 5) is 1.09. The van der Waals surface area contributed by atoms with Crippen LogP contribution in [0.2, 0.25) is 0 Å². The SMILES string of the molecule is CC(C)(C)NCc1cc(-c2cc(Br)cs2)on1. The highest BCUT2D eigenvalue weighted by molar-refractivity contribution is 9.10. The minimum Gasteiger partial charge on any atom is -0.355 e. The zero-order valence-electron chi connectivity index (χ0n) is 10.1. The Kier molecular flexibility index (Phi) is 3.70. The van der Waals surface area contributed by atoms with Gasteiger partial charge >= 0.3 is 0 Å². The summed E-state index contributed by atoms with van der Waals surface area (Å²) in [5, 5.41) is 9.47. The van der Waals surface area contributed by atoms with Gasteiger partial charge in [-0.1, -0.05) is 5.16 Å². The van der Waals surface area contributed by atoms with E-state index in [9.17, 15) is 0 Å². The summed E-state index contributed by atoms with van der Waals surface area (Å²) >= 11 is 5.07. The smallest absolute Gasteiger partial charge is 0.177 e. The summed E-state index contributed by atoms with van der Waals surface area (Å²) in [6, 6.07) is 4.02. The highest BCUT2D eigenvalue weighted by Crippen LogP contribution is 2.30. The molecule has 0 spiro atoms. The lowest BCUT2D eigenvalue weighted by Gasteiger charge is -2.19. The van der Waals surface area contributed by atoms with Gasteiger partial charge in [0.25, 0.3) is 0 Å². The molecule has 0 aliphatic rings. The van der Waals surface area contributed by atoms with Crippen LogP contribution in [-0.2, 0) is 6.54 Å². The highest BCUT2D eigenvalue weighted by Gasteiger charge is 2.12. The Morgan fingerprint density at radius 1 is 1.41 bits per heavy atom. The molecule has 0 unspecified atom stereocenters. The van der Waals surface area contributed by atoms with Crippen molar-refractivity contribution in [1.82, 2.24) is 10.5 Å². The first-order chi connectivity index (χ1) is 7.94. The third kappa shape index (κ3) is 3.66. The number of hydrogen-bond donors (Lipinski definition) is 1. The molecule has 2 rings (SSSR count). The van der Waals surface area contributed by atoms with Gasteiger partial charge in [-0.15, -0.1) is 11.3 Å². The van der Waals surface area contributed by atoms with Gasteiger partial charge in [-0.2, -0.15) is 0 Å². The van der Waals surface area contributed by atoms with Crippen LogP contribution in [0.4, 0.5) is 0 Å². The van der Waals surface area contributed by atoms with E-state index in [1.165, 1.54) is 0 Å². The average Bonchev–Trinajstić information content (AvgIpc) is 2.81. The van der Waals surface area contributed by atoms with E-state index in [1.807, 2.05) is 17.5 Å². The van der Waals surface area contributed by atoms with Crippen LogP contribution in [0.15, 0.2) is 26.5 Å². The van der Waals surface area contributed by atoms with E-state index in [0.29, 0.717) is 0 Å². The van der Waals surface area contributed by atoms with Gasteiger partial charge in [0.15, 0.2) is 5.76 Å². The van der Waals surface area contributed by atoms with Gasteiger partial charge in [0.2, 0.25) is 0 Å². The topological polar surface area (TPSA) is 38.1 Å². The van der Waals surface area contributed by atoms with Gasteiger partial charge < -0.3 is 9.84 Å². The summed E-state index contributed by atoms with van der Waals surface area (Å²) in [6.07, 6.45) is 0. The summed E-state index contributed by atoms with van der Waals surface area (Å²) in [5.41, 5.74) is 1.02. The molecule has 0 aliphatic heterocycles. The first kappa shape index (κ1) is 12.8. The van der Waals surface area contributed by atoms with Gasteiger partial charge in [-0.3, -0.25) is 0 Å². The maximum atomic E-state index is 5.33. The van der Waals surface area contributed by atoms with Crippen molar-refractivity contribution in [3.63, 3.8) is 0 Å². The van der Waals surface area contributed by atoms with Crippen LogP contribution in [0.25, 0.3) is 10.6 Å². The predicted molar refractivity (Wildman–Crippen MR) is 74.1 cm³/mol. The van der Waals surface area contributed by atoms with Crippen molar-refractivity contribution < 1.29 is 4.52 Å². The van der Waals surface area contributed by atoms with E-state index in [4.69, 9.17) is 4.52 Å². The van der Waals surface area contributed by atoms with Crippen molar-refractivity contribution in [2.24, 2.45) is 0 Å². The standard InChI is InChI=1S/C12H15BrN2OS/c1-12(2,3)14-6-9-5-10(16-15-9)11-4-8(13)7-17-11/h4-5,7,14H,6H2,1-3H3. The van der Waals surface area contributed by atoms with Gasteiger partial charge in [0.1, 0.15) is 0 Å². The van der Waals surface area contributed by atoms with E-state index in [2.05, 4.69) is 47.2 Å². The molecule has 17 heavy (non-hydrogen) atoms. The molecule has 0 aliphatic carbocycles. The average molecular weight is 315 g/mol. The number of nitrogens with one attached hydrogen (secondary N) is 1. The van der Waals surface area contributed by atoms with E-state index in [-0.39, 0.29) is 5.54 Å². The molecule has 0 atom stereocenters. The summed E-state index contributed by atoms with van der Waals surface area (Å²) < 4.78 is 6.40. The Morgan fingerprint density at radius 3 is 2.76 bits per heavy atom. The van der Waals surface area contributed by atoms with Crippen molar-refractivity contribution in [2.45, 2.75) is 32.9 Å². The summed E-state index contributed by atoms with van der Waals surface area (Å²) in [6.45, 7) is 7.11. The van der Waals surface area contributed by atoms with Gasteiger partial charge in [-0.25, -0.2) is 0 Å². The molecule has 0 aromatic carbocycles. The number of rotatable bonds is 3. The van der Waals surface area contributed by atoms with Gasteiger partial charge in [0.05, 0.1) is 10.6 Å². The van der Waals surface area contributed by atoms with E-state index in [0.717, 1.165) is 27.3 Å². The third-order valence-electron chi connectivity index (χ3n) is 2.17. The second-order valence-electron chi connectivity index (χ2n) is 4.92. The van der Waals surface area contributed by atoms with Crippen LogP contribution in [0.5, 0.6) is 0 Å². The van der Waals surface area contributed by atoms with Crippen molar-refractivity contribution in [1.29, 1.82) is 0 Å². The maximum Gasteiger partial charge on any atom is 0.177 e. The Balaban J connectivity index is 2.06. The second kappa shape index (κ2) is 4.92. The highest BCUT2D eigenvalue weighted by atomic mass is 79.9. The molecular weight excluding hydrogens is 300 g/mol. The fourth-order valence-electron chi connectivity index (χ4n) is 1.31. The lowest BCUT2D eigenvalue weighted by atomic mass is 10.1. The third-order valence-corrected chi connectivity index (χ3v) is 3.87. The molecule has 0 amide bonds. The molecule has 92 valence electrons. The molecule has 2 heterocycles. The first-order valence-corrected chi connectivity index (χ1v) is 7.06. The van der Waals surface area contributed by atoms with Gasteiger partial charge in [-0.05, 0) is 42.8 Å². The number of thiophene rings is 1. The molecule has 3 nitrogen and oxygen atoms in total. The molecule has 0 fully saturated rings. The number of halogens is 1. The normalized spacial score (nSPS) is 12.0. The summed E-state index contributed by atoms with van der Waals surface area (Å²) in [5.74, 6) is 0.825. The zero-order valence-corrected chi connectivity index (χ0v) is 12.5. The largest absolute Gasteiger partial charge is 0.355 e. The van der Waals surface area contributed by atoms with Crippen molar-refractivity contribution in [3.05, 3.63) is 27.7 Å². The number of hydrogen-bond acceptors (Lipinski definition) is 4. The Labute approximate surface area is 113 Å². The number of nitrogens with zero attached hydrogens (tertiary/aromatic N) is 1. The van der Waals surface area contributed by atoms with E-state index in [1.54, 1.807) is 11.3 Å². The molecule has 0 saturated carbocycles. The first-order valence-electron chi connectivity index (χ1n) is 5.39. The lowest BCUT2D eigenvalue weighted by molar-refractivity contribution is 0.393.